The standard InChI is InChI=1S/C14H29NO2/c1-7-14(8-2,10-16)15-11-9-12(3,4)17-13(11,5)6/h11,15-16H,7-10H2,1-6H3. The number of rotatable bonds is 5. The van der Waals surface area contributed by atoms with Gasteiger partial charge in [-0.3, -0.25) is 0 Å². The molecule has 1 aliphatic heterocycles. The quantitative estimate of drug-likeness (QED) is 0.779. The summed E-state index contributed by atoms with van der Waals surface area (Å²) in [5.41, 5.74) is -0.413. The lowest BCUT2D eigenvalue weighted by molar-refractivity contribution is -0.0726. The molecule has 0 aromatic rings. The van der Waals surface area contributed by atoms with E-state index in [4.69, 9.17) is 4.74 Å². The van der Waals surface area contributed by atoms with Crippen LogP contribution in [0.25, 0.3) is 0 Å². The average molecular weight is 243 g/mol. The Balaban J connectivity index is 2.80. The van der Waals surface area contributed by atoms with Crippen LogP contribution in [-0.2, 0) is 4.74 Å². The lowest BCUT2D eigenvalue weighted by Crippen LogP contribution is -2.57. The van der Waals surface area contributed by atoms with Gasteiger partial charge in [0, 0.05) is 11.6 Å². The first kappa shape index (κ1) is 14.9. The topological polar surface area (TPSA) is 41.5 Å². The second kappa shape index (κ2) is 4.87. The molecular formula is C14H29NO2. The molecule has 1 saturated heterocycles. The van der Waals surface area contributed by atoms with Crippen LogP contribution in [0.4, 0.5) is 0 Å². The lowest BCUT2D eigenvalue weighted by atomic mass is 9.87. The highest BCUT2D eigenvalue weighted by molar-refractivity contribution is 5.02. The second-order valence-corrected chi connectivity index (χ2v) is 6.51. The molecule has 1 unspecified atom stereocenters. The van der Waals surface area contributed by atoms with E-state index in [-0.39, 0.29) is 23.3 Å². The molecule has 0 radical (unpaired) electrons. The van der Waals surface area contributed by atoms with E-state index in [9.17, 15) is 5.11 Å². The summed E-state index contributed by atoms with van der Waals surface area (Å²) in [5, 5.41) is 13.3. The van der Waals surface area contributed by atoms with Crippen LogP contribution in [-0.4, -0.2) is 34.5 Å². The van der Waals surface area contributed by atoms with Crippen molar-refractivity contribution < 1.29 is 9.84 Å². The van der Waals surface area contributed by atoms with Gasteiger partial charge in [-0.25, -0.2) is 0 Å². The minimum atomic E-state index is -0.172. The Morgan fingerprint density at radius 2 is 1.76 bits per heavy atom. The number of nitrogens with one attached hydrogen (secondary N) is 1. The van der Waals surface area contributed by atoms with Crippen molar-refractivity contribution in [3.05, 3.63) is 0 Å². The van der Waals surface area contributed by atoms with Crippen LogP contribution in [0.3, 0.4) is 0 Å². The van der Waals surface area contributed by atoms with Crippen LogP contribution in [0.1, 0.15) is 60.8 Å². The fourth-order valence-corrected chi connectivity index (χ4v) is 2.88. The van der Waals surface area contributed by atoms with E-state index >= 15 is 0 Å². The molecule has 3 nitrogen and oxygen atoms in total. The van der Waals surface area contributed by atoms with Crippen LogP contribution in [0.5, 0.6) is 0 Å². The number of aliphatic hydroxyl groups is 1. The van der Waals surface area contributed by atoms with Crippen molar-refractivity contribution >= 4 is 0 Å². The van der Waals surface area contributed by atoms with Crippen molar-refractivity contribution in [1.29, 1.82) is 0 Å². The minimum Gasteiger partial charge on any atom is -0.394 e. The third-order valence-electron chi connectivity index (χ3n) is 4.21. The van der Waals surface area contributed by atoms with Gasteiger partial charge >= 0.3 is 0 Å². The van der Waals surface area contributed by atoms with Crippen molar-refractivity contribution in [3.8, 4) is 0 Å². The van der Waals surface area contributed by atoms with Crippen LogP contribution >= 0.6 is 0 Å². The monoisotopic (exact) mass is 243 g/mol. The number of ether oxygens (including phenoxy) is 1. The third kappa shape index (κ3) is 3.21. The van der Waals surface area contributed by atoms with Gasteiger partial charge in [0.25, 0.3) is 0 Å². The van der Waals surface area contributed by atoms with Crippen LogP contribution < -0.4 is 5.32 Å². The van der Waals surface area contributed by atoms with Crippen molar-refractivity contribution in [1.82, 2.24) is 5.32 Å². The van der Waals surface area contributed by atoms with Crippen LogP contribution in [0.15, 0.2) is 0 Å². The Morgan fingerprint density at radius 3 is 2.06 bits per heavy atom. The summed E-state index contributed by atoms with van der Waals surface area (Å²) in [6, 6.07) is 0.296. The molecule has 0 aliphatic carbocycles. The molecule has 0 amide bonds. The lowest BCUT2D eigenvalue weighted by Gasteiger charge is -2.38. The predicted molar refractivity (Wildman–Crippen MR) is 71.2 cm³/mol. The molecule has 17 heavy (non-hydrogen) atoms. The molecule has 1 heterocycles. The van der Waals surface area contributed by atoms with Gasteiger partial charge in [-0.1, -0.05) is 13.8 Å². The summed E-state index contributed by atoms with van der Waals surface area (Å²) < 4.78 is 6.08. The van der Waals surface area contributed by atoms with E-state index in [0.717, 1.165) is 19.3 Å². The number of hydrogen-bond donors (Lipinski definition) is 2. The van der Waals surface area contributed by atoms with Gasteiger partial charge in [0.1, 0.15) is 0 Å². The van der Waals surface area contributed by atoms with Crippen molar-refractivity contribution in [3.63, 3.8) is 0 Å². The molecule has 1 rings (SSSR count). The first-order chi connectivity index (χ1) is 7.70. The largest absolute Gasteiger partial charge is 0.394 e. The average Bonchev–Trinajstić information content (AvgIpc) is 2.43. The summed E-state index contributed by atoms with van der Waals surface area (Å²) in [6.45, 7) is 13.0. The molecule has 0 aromatic heterocycles. The van der Waals surface area contributed by atoms with Crippen molar-refractivity contribution in [2.24, 2.45) is 0 Å². The van der Waals surface area contributed by atoms with Crippen LogP contribution in [0, 0.1) is 0 Å². The second-order valence-electron chi connectivity index (χ2n) is 6.51. The predicted octanol–water partition coefficient (Wildman–Crippen LogP) is 2.47. The summed E-state index contributed by atoms with van der Waals surface area (Å²) in [7, 11) is 0. The summed E-state index contributed by atoms with van der Waals surface area (Å²) in [6.07, 6.45) is 2.86. The summed E-state index contributed by atoms with van der Waals surface area (Å²) in [5.74, 6) is 0. The highest BCUT2D eigenvalue weighted by Crippen LogP contribution is 2.38. The molecule has 1 fully saturated rings. The Morgan fingerprint density at radius 1 is 1.24 bits per heavy atom. The molecular weight excluding hydrogens is 214 g/mol. The van der Waals surface area contributed by atoms with Gasteiger partial charge in [-0.15, -0.1) is 0 Å². The van der Waals surface area contributed by atoms with Crippen molar-refractivity contribution in [2.45, 2.75) is 83.6 Å². The van der Waals surface area contributed by atoms with Crippen LogP contribution in [0.2, 0.25) is 0 Å². The number of aliphatic hydroxyl groups excluding tert-OH is 1. The Bertz CT molecular complexity index is 249. The fraction of sp³-hybridized carbons (Fsp3) is 1.00. The van der Waals surface area contributed by atoms with E-state index in [1.165, 1.54) is 0 Å². The molecule has 102 valence electrons. The fourth-order valence-electron chi connectivity index (χ4n) is 2.88. The van der Waals surface area contributed by atoms with Gasteiger partial charge in [0.15, 0.2) is 0 Å². The SMILES string of the molecule is CCC(CC)(CO)NC1CC(C)(C)OC1(C)C. The maximum atomic E-state index is 9.63. The van der Waals surface area contributed by atoms with Gasteiger partial charge < -0.3 is 15.2 Å². The van der Waals surface area contributed by atoms with Gasteiger partial charge in [-0.2, -0.15) is 0 Å². The first-order valence-corrected chi connectivity index (χ1v) is 6.79. The zero-order chi connectivity index (χ0) is 13.3. The molecule has 0 saturated carbocycles. The molecule has 1 atom stereocenters. The molecule has 2 N–H and O–H groups in total. The van der Waals surface area contributed by atoms with Gasteiger partial charge in [0.05, 0.1) is 17.8 Å². The smallest absolute Gasteiger partial charge is 0.0787 e. The highest BCUT2D eigenvalue weighted by Gasteiger charge is 2.47. The van der Waals surface area contributed by atoms with E-state index in [0.29, 0.717) is 6.04 Å². The molecule has 1 aliphatic rings. The Hall–Kier alpha value is -0.120. The summed E-state index contributed by atoms with van der Waals surface area (Å²) >= 11 is 0. The van der Waals surface area contributed by atoms with Crippen molar-refractivity contribution in [2.75, 3.05) is 6.61 Å². The zero-order valence-corrected chi connectivity index (χ0v) is 12.3. The Kier molecular flexibility index (Phi) is 4.28. The third-order valence-corrected chi connectivity index (χ3v) is 4.21. The Labute approximate surface area is 106 Å². The number of hydrogen-bond acceptors (Lipinski definition) is 3. The maximum Gasteiger partial charge on any atom is 0.0787 e. The van der Waals surface area contributed by atoms with Gasteiger partial charge in [0.2, 0.25) is 0 Å². The summed E-state index contributed by atoms with van der Waals surface area (Å²) in [4.78, 5) is 0. The van der Waals surface area contributed by atoms with E-state index in [1.807, 2.05) is 0 Å². The van der Waals surface area contributed by atoms with E-state index in [1.54, 1.807) is 0 Å². The van der Waals surface area contributed by atoms with Gasteiger partial charge in [-0.05, 0) is 47.0 Å². The van der Waals surface area contributed by atoms with E-state index < -0.39 is 0 Å². The minimum absolute atomic E-state index is 0.0795. The molecule has 0 bridgehead atoms. The zero-order valence-electron chi connectivity index (χ0n) is 12.3. The molecule has 0 aromatic carbocycles. The molecule has 0 spiro atoms. The maximum absolute atomic E-state index is 9.63. The van der Waals surface area contributed by atoms with E-state index in [2.05, 4.69) is 46.9 Å². The first-order valence-electron chi connectivity index (χ1n) is 6.79. The molecule has 3 heteroatoms. The normalized spacial score (nSPS) is 27.4. The highest BCUT2D eigenvalue weighted by atomic mass is 16.5.